The Labute approximate surface area is 119 Å². The average molecular weight is 314 g/mol. The van der Waals surface area contributed by atoms with Crippen molar-refractivity contribution in [1.29, 1.82) is 0 Å². The van der Waals surface area contributed by atoms with Crippen LogP contribution in [0.15, 0.2) is 44.9 Å². The number of hydrogen-bond acceptors (Lipinski definition) is 5. The lowest BCUT2D eigenvalue weighted by atomic mass is 10.3. The van der Waals surface area contributed by atoms with E-state index in [9.17, 15) is 22.4 Å². The SMILES string of the molecule is Cn1cc(S(=O)(=O)Oc2cccc(F)c2)c(=O)n(C)c1=O. The van der Waals surface area contributed by atoms with Crippen LogP contribution >= 0.6 is 0 Å². The highest BCUT2D eigenvalue weighted by Gasteiger charge is 2.23. The molecule has 0 radical (unpaired) electrons. The molecule has 1 aromatic heterocycles. The summed E-state index contributed by atoms with van der Waals surface area (Å²) in [6.07, 6.45) is 0.860. The third kappa shape index (κ3) is 2.87. The monoisotopic (exact) mass is 314 g/mol. The van der Waals surface area contributed by atoms with Gasteiger partial charge < -0.3 is 8.75 Å². The first-order valence-electron chi connectivity index (χ1n) is 5.69. The Hall–Kier alpha value is -2.42. The molecule has 9 heteroatoms. The van der Waals surface area contributed by atoms with E-state index in [0.29, 0.717) is 4.57 Å². The van der Waals surface area contributed by atoms with Crippen LogP contribution in [0, 0.1) is 5.82 Å². The summed E-state index contributed by atoms with van der Waals surface area (Å²) in [6.45, 7) is 0. The number of aromatic nitrogens is 2. The summed E-state index contributed by atoms with van der Waals surface area (Å²) in [5.74, 6) is -0.957. The molecule has 0 aliphatic heterocycles. The van der Waals surface area contributed by atoms with Crippen LogP contribution in [0.25, 0.3) is 0 Å². The molecule has 0 fully saturated rings. The van der Waals surface area contributed by atoms with Gasteiger partial charge in [-0.25, -0.2) is 9.18 Å². The second kappa shape index (κ2) is 5.17. The lowest BCUT2D eigenvalue weighted by molar-refractivity contribution is 0.478. The number of halogens is 1. The van der Waals surface area contributed by atoms with Crippen molar-refractivity contribution in [2.45, 2.75) is 4.90 Å². The van der Waals surface area contributed by atoms with Crippen LogP contribution in [-0.4, -0.2) is 17.6 Å². The Morgan fingerprint density at radius 3 is 2.48 bits per heavy atom. The minimum absolute atomic E-state index is 0.272. The molecule has 1 heterocycles. The molecule has 112 valence electrons. The van der Waals surface area contributed by atoms with Crippen molar-refractivity contribution in [3.8, 4) is 5.75 Å². The molecule has 7 nitrogen and oxygen atoms in total. The lowest BCUT2D eigenvalue weighted by Crippen LogP contribution is -2.39. The Bertz CT molecular complexity index is 914. The van der Waals surface area contributed by atoms with Crippen LogP contribution in [0.5, 0.6) is 5.75 Å². The fourth-order valence-corrected chi connectivity index (χ4v) is 2.72. The van der Waals surface area contributed by atoms with E-state index in [4.69, 9.17) is 4.18 Å². The second-order valence-corrected chi connectivity index (χ2v) is 5.76. The van der Waals surface area contributed by atoms with Crippen LogP contribution in [0.4, 0.5) is 4.39 Å². The largest absolute Gasteiger partial charge is 0.379 e. The quantitative estimate of drug-likeness (QED) is 0.744. The van der Waals surface area contributed by atoms with E-state index in [0.717, 1.165) is 29.9 Å². The maximum Gasteiger partial charge on any atom is 0.346 e. The second-order valence-electron chi connectivity index (χ2n) is 4.25. The number of rotatable bonds is 3. The van der Waals surface area contributed by atoms with Gasteiger partial charge >= 0.3 is 15.8 Å². The summed E-state index contributed by atoms with van der Waals surface area (Å²) in [5.41, 5.74) is -1.70. The fraction of sp³-hybridized carbons (Fsp3) is 0.167. The fourth-order valence-electron chi connectivity index (χ4n) is 1.64. The van der Waals surface area contributed by atoms with Crippen molar-refractivity contribution < 1.29 is 17.0 Å². The van der Waals surface area contributed by atoms with Gasteiger partial charge in [0, 0.05) is 26.4 Å². The molecule has 0 aliphatic carbocycles. The molecule has 0 atom stereocenters. The van der Waals surface area contributed by atoms with Gasteiger partial charge in [0.2, 0.25) is 0 Å². The molecule has 0 N–H and O–H groups in total. The first kappa shape index (κ1) is 15.0. The Morgan fingerprint density at radius 1 is 1.19 bits per heavy atom. The number of nitrogens with zero attached hydrogens (tertiary/aromatic N) is 2. The zero-order valence-corrected chi connectivity index (χ0v) is 11.9. The van der Waals surface area contributed by atoms with Crippen LogP contribution in [0.1, 0.15) is 0 Å². The molecular formula is C12H11FN2O5S. The van der Waals surface area contributed by atoms with Gasteiger partial charge in [0.15, 0.2) is 4.90 Å². The van der Waals surface area contributed by atoms with Crippen LogP contribution < -0.4 is 15.4 Å². The van der Waals surface area contributed by atoms with Gasteiger partial charge in [0.25, 0.3) is 5.56 Å². The van der Waals surface area contributed by atoms with E-state index < -0.39 is 32.1 Å². The van der Waals surface area contributed by atoms with Gasteiger partial charge in [-0.1, -0.05) is 6.07 Å². The topological polar surface area (TPSA) is 87.4 Å². The van der Waals surface area contributed by atoms with Crippen LogP contribution in [0.3, 0.4) is 0 Å². The van der Waals surface area contributed by atoms with E-state index in [1.165, 1.54) is 19.2 Å². The Morgan fingerprint density at radius 2 is 1.86 bits per heavy atom. The maximum absolute atomic E-state index is 13.0. The highest BCUT2D eigenvalue weighted by Crippen LogP contribution is 2.17. The maximum atomic E-state index is 13.0. The van der Waals surface area contributed by atoms with Crippen molar-refractivity contribution in [1.82, 2.24) is 9.13 Å². The molecule has 0 spiro atoms. The molecule has 0 saturated heterocycles. The van der Waals surface area contributed by atoms with Gasteiger partial charge in [0.05, 0.1) is 0 Å². The highest BCUT2D eigenvalue weighted by molar-refractivity contribution is 7.87. The van der Waals surface area contributed by atoms with Crippen molar-refractivity contribution in [3.63, 3.8) is 0 Å². The van der Waals surface area contributed by atoms with Crippen molar-refractivity contribution >= 4 is 10.1 Å². The van der Waals surface area contributed by atoms with Crippen molar-refractivity contribution in [2.24, 2.45) is 14.1 Å². The van der Waals surface area contributed by atoms with E-state index in [2.05, 4.69) is 0 Å². The number of benzene rings is 1. The van der Waals surface area contributed by atoms with Gasteiger partial charge in [-0.2, -0.15) is 8.42 Å². The predicted octanol–water partition coefficient (Wildman–Crippen LogP) is -0.00920. The van der Waals surface area contributed by atoms with Crippen molar-refractivity contribution in [3.05, 3.63) is 57.1 Å². The minimum Gasteiger partial charge on any atom is -0.379 e. The molecule has 0 saturated carbocycles. The standard InChI is InChI=1S/C12H11FN2O5S/c1-14-7-10(11(16)15(2)12(14)17)21(18,19)20-9-5-3-4-8(13)6-9/h3-7H,1-2H3. The smallest absolute Gasteiger partial charge is 0.346 e. The summed E-state index contributed by atoms with van der Waals surface area (Å²) in [7, 11) is -2.04. The molecule has 2 aromatic rings. The van der Waals surface area contributed by atoms with Gasteiger partial charge in [-0.15, -0.1) is 0 Å². The summed E-state index contributed by atoms with van der Waals surface area (Å²) < 4.78 is 43.4. The highest BCUT2D eigenvalue weighted by atomic mass is 32.2. The molecule has 0 aliphatic rings. The van der Waals surface area contributed by atoms with Crippen LogP contribution in [0.2, 0.25) is 0 Å². The molecule has 0 bridgehead atoms. The van der Waals surface area contributed by atoms with E-state index in [-0.39, 0.29) is 5.75 Å². The third-order valence-electron chi connectivity index (χ3n) is 2.69. The number of hydrogen-bond donors (Lipinski definition) is 0. The van der Waals surface area contributed by atoms with Crippen LogP contribution in [-0.2, 0) is 24.2 Å². The van der Waals surface area contributed by atoms with Gasteiger partial charge in [0.1, 0.15) is 11.6 Å². The molecule has 2 rings (SSSR count). The Balaban J connectivity index is 2.56. The number of aryl methyl sites for hydroxylation is 1. The minimum atomic E-state index is -4.48. The normalized spacial score (nSPS) is 11.4. The van der Waals surface area contributed by atoms with Gasteiger partial charge in [-0.05, 0) is 12.1 Å². The summed E-state index contributed by atoms with van der Waals surface area (Å²) in [5, 5.41) is 0. The first-order valence-corrected chi connectivity index (χ1v) is 7.10. The zero-order chi connectivity index (χ0) is 15.8. The molecule has 1 aromatic carbocycles. The zero-order valence-electron chi connectivity index (χ0n) is 11.1. The van der Waals surface area contributed by atoms with Gasteiger partial charge in [-0.3, -0.25) is 9.36 Å². The average Bonchev–Trinajstić information content (AvgIpc) is 2.40. The first-order chi connectivity index (χ1) is 9.72. The van der Waals surface area contributed by atoms with E-state index >= 15 is 0 Å². The lowest BCUT2D eigenvalue weighted by Gasteiger charge is -2.09. The summed E-state index contributed by atoms with van der Waals surface area (Å²) in [6, 6.07) is 4.47. The summed E-state index contributed by atoms with van der Waals surface area (Å²) in [4.78, 5) is 22.7. The molecule has 21 heavy (non-hydrogen) atoms. The molecular weight excluding hydrogens is 303 g/mol. The summed E-state index contributed by atoms with van der Waals surface area (Å²) >= 11 is 0. The Kier molecular flexibility index (Phi) is 3.69. The van der Waals surface area contributed by atoms with E-state index in [1.807, 2.05) is 0 Å². The van der Waals surface area contributed by atoms with E-state index in [1.54, 1.807) is 0 Å². The predicted molar refractivity (Wildman–Crippen MR) is 71.1 cm³/mol. The van der Waals surface area contributed by atoms with Crippen molar-refractivity contribution in [2.75, 3.05) is 0 Å². The molecule has 0 amide bonds. The third-order valence-corrected chi connectivity index (χ3v) is 3.92. The molecule has 0 unspecified atom stereocenters.